The van der Waals surface area contributed by atoms with Crippen molar-refractivity contribution in [1.29, 1.82) is 0 Å². The number of halogens is 1. The molecule has 3 heteroatoms. The lowest BCUT2D eigenvalue weighted by Gasteiger charge is -2.20. The number of nitrogens with one attached hydrogen (secondary N) is 1. The predicted molar refractivity (Wildman–Crippen MR) is 85.0 cm³/mol. The van der Waals surface area contributed by atoms with Crippen molar-refractivity contribution in [3.05, 3.63) is 64.9 Å². The van der Waals surface area contributed by atoms with Crippen LogP contribution in [0.5, 0.6) is 0 Å². The second-order valence-corrected chi connectivity index (χ2v) is 5.34. The fourth-order valence-electron chi connectivity index (χ4n) is 2.31. The molecule has 106 valence electrons. The Morgan fingerprint density at radius 2 is 2.00 bits per heavy atom. The van der Waals surface area contributed by atoms with Crippen molar-refractivity contribution >= 4 is 11.6 Å². The van der Waals surface area contributed by atoms with Gasteiger partial charge >= 0.3 is 0 Å². The summed E-state index contributed by atoms with van der Waals surface area (Å²) in [6.45, 7) is 3.17. The van der Waals surface area contributed by atoms with Gasteiger partial charge in [0.15, 0.2) is 0 Å². The Hall–Kier alpha value is -1.38. The minimum atomic E-state index is 0.283. The highest BCUT2D eigenvalue weighted by atomic mass is 35.5. The standard InChI is InChI=1S/C17H21ClN2/c1-2-11-20-17(15-10-12-19-13-16(15)18)9-8-14-6-4-3-5-7-14/h3-7,10,12-13,17,20H,2,8-9,11H2,1H3. The minimum Gasteiger partial charge on any atom is -0.310 e. The molecule has 0 fully saturated rings. The Kier molecular flexibility index (Phi) is 6.03. The average Bonchev–Trinajstić information content (AvgIpc) is 2.49. The smallest absolute Gasteiger partial charge is 0.0637 e. The molecule has 1 aromatic carbocycles. The molecule has 0 radical (unpaired) electrons. The SMILES string of the molecule is CCCNC(CCc1ccccc1)c1ccncc1Cl. The van der Waals surface area contributed by atoms with Gasteiger partial charge in [-0.05, 0) is 43.0 Å². The van der Waals surface area contributed by atoms with Crippen LogP contribution in [0.25, 0.3) is 0 Å². The van der Waals surface area contributed by atoms with Crippen LogP contribution in [0.15, 0.2) is 48.8 Å². The monoisotopic (exact) mass is 288 g/mol. The van der Waals surface area contributed by atoms with E-state index in [0.717, 1.165) is 36.4 Å². The number of hydrogen-bond donors (Lipinski definition) is 1. The Morgan fingerprint density at radius 3 is 2.70 bits per heavy atom. The zero-order valence-electron chi connectivity index (χ0n) is 11.8. The molecule has 0 aliphatic heterocycles. The van der Waals surface area contributed by atoms with Crippen LogP contribution in [0.2, 0.25) is 5.02 Å². The summed E-state index contributed by atoms with van der Waals surface area (Å²) in [5.41, 5.74) is 2.51. The van der Waals surface area contributed by atoms with Gasteiger partial charge in [0.25, 0.3) is 0 Å². The van der Waals surface area contributed by atoms with Crippen molar-refractivity contribution in [3.63, 3.8) is 0 Å². The van der Waals surface area contributed by atoms with E-state index in [2.05, 4.69) is 47.6 Å². The van der Waals surface area contributed by atoms with Crippen LogP contribution < -0.4 is 5.32 Å². The molecule has 0 amide bonds. The lowest BCUT2D eigenvalue weighted by molar-refractivity contribution is 0.499. The van der Waals surface area contributed by atoms with Crippen molar-refractivity contribution in [2.75, 3.05) is 6.54 Å². The highest BCUT2D eigenvalue weighted by Crippen LogP contribution is 2.25. The summed E-state index contributed by atoms with van der Waals surface area (Å²) < 4.78 is 0. The number of aryl methyl sites for hydroxylation is 1. The number of benzene rings is 1. The number of rotatable bonds is 7. The summed E-state index contributed by atoms with van der Waals surface area (Å²) in [7, 11) is 0. The van der Waals surface area contributed by atoms with E-state index in [1.54, 1.807) is 6.20 Å². The number of hydrogen-bond acceptors (Lipinski definition) is 2. The number of aromatic nitrogens is 1. The fourth-order valence-corrected chi connectivity index (χ4v) is 2.56. The fraction of sp³-hybridized carbons (Fsp3) is 0.353. The maximum atomic E-state index is 6.28. The lowest BCUT2D eigenvalue weighted by Crippen LogP contribution is -2.23. The van der Waals surface area contributed by atoms with Crippen molar-refractivity contribution in [2.24, 2.45) is 0 Å². The normalized spacial score (nSPS) is 12.3. The molecule has 20 heavy (non-hydrogen) atoms. The first-order valence-electron chi connectivity index (χ1n) is 7.18. The van der Waals surface area contributed by atoms with Crippen LogP contribution >= 0.6 is 11.6 Å². The zero-order chi connectivity index (χ0) is 14.2. The van der Waals surface area contributed by atoms with E-state index in [0.29, 0.717) is 0 Å². The quantitative estimate of drug-likeness (QED) is 0.816. The van der Waals surface area contributed by atoms with Crippen LogP contribution in [-0.2, 0) is 6.42 Å². The maximum absolute atomic E-state index is 6.28. The molecule has 0 bridgehead atoms. The molecule has 0 aliphatic rings. The third-order valence-corrected chi connectivity index (χ3v) is 3.70. The Balaban J connectivity index is 2.06. The molecule has 1 aromatic heterocycles. The van der Waals surface area contributed by atoms with Crippen molar-refractivity contribution < 1.29 is 0 Å². The summed E-state index contributed by atoms with van der Waals surface area (Å²) in [5, 5.41) is 4.33. The zero-order valence-corrected chi connectivity index (χ0v) is 12.6. The molecule has 0 aliphatic carbocycles. The van der Waals surface area contributed by atoms with Crippen LogP contribution in [0.3, 0.4) is 0 Å². The Bertz CT molecular complexity index is 513. The summed E-state index contributed by atoms with van der Waals surface area (Å²) in [6.07, 6.45) is 6.73. The summed E-state index contributed by atoms with van der Waals surface area (Å²) in [6, 6.07) is 12.9. The van der Waals surface area contributed by atoms with Crippen molar-refractivity contribution in [3.8, 4) is 0 Å². The minimum absolute atomic E-state index is 0.283. The number of pyridine rings is 1. The van der Waals surface area contributed by atoms with E-state index < -0.39 is 0 Å². The van der Waals surface area contributed by atoms with Crippen LogP contribution in [0, 0.1) is 0 Å². The number of nitrogens with zero attached hydrogens (tertiary/aromatic N) is 1. The summed E-state index contributed by atoms with van der Waals surface area (Å²) in [4.78, 5) is 4.07. The van der Waals surface area contributed by atoms with Gasteiger partial charge < -0.3 is 5.32 Å². The molecule has 2 aromatic rings. The van der Waals surface area contributed by atoms with Gasteiger partial charge in [-0.15, -0.1) is 0 Å². The predicted octanol–water partition coefficient (Wildman–Crippen LogP) is 4.41. The first-order valence-corrected chi connectivity index (χ1v) is 7.55. The van der Waals surface area contributed by atoms with E-state index in [4.69, 9.17) is 11.6 Å². The molecule has 1 heterocycles. The van der Waals surface area contributed by atoms with Crippen LogP contribution in [0.1, 0.15) is 36.9 Å². The molecule has 1 unspecified atom stereocenters. The molecule has 0 saturated heterocycles. The van der Waals surface area contributed by atoms with Gasteiger partial charge in [0.2, 0.25) is 0 Å². The Morgan fingerprint density at radius 1 is 1.20 bits per heavy atom. The van der Waals surface area contributed by atoms with Crippen molar-refractivity contribution in [1.82, 2.24) is 10.3 Å². The third-order valence-electron chi connectivity index (χ3n) is 3.38. The second-order valence-electron chi connectivity index (χ2n) is 4.93. The molecule has 2 nitrogen and oxygen atoms in total. The topological polar surface area (TPSA) is 24.9 Å². The van der Waals surface area contributed by atoms with Crippen LogP contribution in [-0.4, -0.2) is 11.5 Å². The van der Waals surface area contributed by atoms with Gasteiger partial charge in [0.05, 0.1) is 5.02 Å². The van der Waals surface area contributed by atoms with Gasteiger partial charge in [0.1, 0.15) is 0 Å². The third kappa shape index (κ3) is 4.32. The Labute approximate surface area is 126 Å². The molecule has 2 rings (SSSR count). The lowest BCUT2D eigenvalue weighted by atomic mass is 9.99. The summed E-state index contributed by atoms with van der Waals surface area (Å²) >= 11 is 6.28. The van der Waals surface area contributed by atoms with E-state index >= 15 is 0 Å². The van der Waals surface area contributed by atoms with Crippen LogP contribution in [0.4, 0.5) is 0 Å². The van der Waals surface area contributed by atoms with E-state index in [1.165, 1.54) is 5.56 Å². The molecular formula is C17H21ClN2. The average molecular weight is 289 g/mol. The molecular weight excluding hydrogens is 268 g/mol. The van der Waals surface area contributed by atoms with Gasteiger partial charge in [-0.3, -0.25) is 4.98 Å². The van der Waals surface area contributed by atoms with Crippen molar-refractivity contribution in [2.45, 2.75) is 32.2 Å². The van der Waals surface area contributed by atoms with Gasteiger partial charge in [-0.25, -0.2) is 0 Å². The second kappa shape index (κ2) is 8.03. The van der Waals surface area contributed by atoms with Gasteiger partial charge in [-0.2, -0.15) is 0 Å². The molecule has 0 saturated carbocycles. The first-order chi connectivity index (χ1) is 9.81. The molecule has 0 spiro atoms. The van der Waals surface area contributed by atoms with E-state index in [9.17, 15) is 0 Å². The first kappa shape index (κ1) is 15.0. The molecule has 1 atom stereocenters. The largest absolute Gasteiger partial charge is 0.310 e. The van der Waals surface area contributed by atoms with E-state index in [-0.39, 0.29) is 6.04 Å². The summed E-state index contributed by atoms with van der Waals surface area (Å²) in [5.74, 6) is 0. The highest BCUT2D eigenvalue weighted by Gasteiger charge is 2.13. The maximum Gasteiger partial charge on any atom is 0.0637 e. The highest BCUT2D eigenvalue weighted by molar-refractivity contribution is 6.31. The van der Waals surface area contributed by atoms with E-state index in [1.807, 2.05) is 12.3 Å². The van der Waals surface area contributed by atoms with Gasteiger partial charge in [0, 0.05) is 18.4 Å². The van der Waals surface area contributed by atoms with Gasteiger partial charge in [-0.1, -0.05) is 48.9 Å². The molecule has 1 N–H and O–H groups in total.